The van der Waals surface area contributed by atoms with E-state index in [0.717, 1.165) is 23.5 Å². The number of hydrogen-bond donors (Lipinski definition) is 1. The maximum absolute atomic E-state index is 14.5. The number of nitrogens with zero attached hydrogens (tertiary/aromatic N) is 1. The van der Waals surface area contributed by atoms with Crippen LogP contribution in [0.5, 0.6) is 0 Å². The first kappa shape index (κ1) is 20.0. The zero-order valence-corrected chi connectivity index (χ0v) is 16.8. The van der Waals surface area contributed by atoms with Gasteiger partial charge in [0, 0.05) is 16.0 Å². The summed E-state index contributed by atoms with van der Waals surface area (Å²) in [4.78, 5) is 3.00. The van der Waals surface area contributed by atoms with E-state index in [2.05, 4.69) is 16.5 Å². The van der Waals surface area contributed by atoms with Gasteiger partial charge in [0.2, 0.25) is 14.2 Å². The third kappa shape index (κ3) is 4.08. The first-order valence-electron chi connectivity index (χ1n) is 7.47. The Morgan fingerprint density at radius 1 is 1.19 bits per heavy atom. The van der Waals surface area contributed by atoms with E-state index in [4.69, 9.17) is 23.2 Å². The Bertz CT molecular complexity index is 1090. The molecule has 1 aromatic heterocycles. The third-order valence-corrected chi connectivity index (χ3v) is 7.16. The van der Waals surface area contributed by atoms with Crippen molar-refractivity contribution in [2.75, 3.05) is 5.32 Å². The normalized spacial score (nSPS) is 12.8. The van der Waals surface area contributed by atoms with Gasteiger partial charge in [-0.3, -0.25) is 0 Å². The highest BCUT2D eigenvalue weighted by atomic mass is 35.5. The summed E-state index contributed by atoms with van der Waals surface area (Å²) in [6.07, 6.45) is 2.38. The molecule has 1 heterocycles. The molecule has 3 rings (SSSR count). The summed E-state index contributed by atoms with van der Waals surface area (Å²) in [5.41, 5.74) is 0.375. The minimum atomic E-state index is -4.15. The molecule has 0 amide bonds. The van der Waals surface area contributed by atoms with Crippen molar-refractivity contribution in [2.45, 2.75) is 22.2 Å². The third-order valence-electron chi connectivity index (χ3n) is 3.71. The van der Waals surface area contributed by atoms with Gasteiger partial charge in [0.15, 0.2) is 0 Å². The van der Waals surface area contributed by atoms with Gasteiger partial charge in [0.05, 0.1) is 16.8 Å². The molecule has 4 nitrogen and oxygen atoms in total. The summed E-state index contributed by atoms with van der Waals surface area (Å²) >= 11 is 12.8. The lowest BCUT2D eigenvalue weighted by molar-refractivity contribution is 0.566. The molecule has 1 N–H and O–H groups in total. The van der Waals surface area contributed by atoms with Crippen molar-refractivity contribution in [3.63, 3.8) is 0 Å². The van der Waals surface area contributed by atoms with Crippen LogP contribution in [0, 0.1) is 17.8 Å². The highest BCUT2D eigenvalue weighted by Gasteiger charge is 2.26. The molecular formula is C17H11Cl2F2N2O2S2. The molecule has 2 aromatic carbocycles. The van der Waals surface area contributed by atoms with Crippen LogP contribution in [0.4, 0.5) is 14.5 Å². The van der Waals surface area contributed by atoms with Crippen LogP contribution in [0.15, 0.2) is 44.9 Å². The monoisotopic (exact) mass is 447 g/mol. The number of thiazole rings is 1. The van der Waals surface area contributed by atoms with E-state index >= 15 is 0 Å². The Kier molecular flexibility index (Phi) is 5.71. The van der Waals surface area contributed by atoms with Crippen molar-refractivity contribution in [3.05, 3.63) is 69.2 Å². The lowest BCUT2D eigenvalue weighted by Crippen LogP contribution is -2.11. The summed E-state index contributed by atoms with van der Waals surface area (Å²) in [5.74, 6) is -1.49. The number of halogens is 4. The molecule has 141 valence electrons. The number of benzene rings is 2. The second kappa shape index (κ2) is 7.71. The molecule has 3 aromatic rings. The van der Waals surface area contributed by atoms with Crippen LogP contribution in [-0.2, 0) is 9.84 Å². The molecule has 0 bridgehead atoms. The molecule has 0 saturated heterocycles. The van der Waals surface area contributed by atoms with Crippen LogP contribution in [0.1, 0.15) is 18.5 Å². The van der Waals surface area contributed by atoms with Crippen molar-refractivity contribution in [2.24, 2.45) is 0 Å². The van der Waals surface area contributed by atoms with Crippen LogP contribution < -0.4 is 5.32 Å². The predicted octanol–water partition coefficient (Wildman–Crippen LogP) is 5.53. The van der Waals surface area contributed by atoms with Gasteiger partial charge in [-0.1, -0.05) is 23.2 Å². The Morgan fingerprint density at radius 3 is 2.59 bits per heavy atom. The number of anilines is 1. The molecule has 0 spiro atoms. The van der Waals surface area contributed by atoms with Crippen molar-refractivity contribution < 1.29 is 17.2 Å². The van der Waals surface area contributed by atoms with Crippen LogP contribution in [0.2, 0.25) is 10.0 Å². The first-order chi connectivity index (χ1) is 12.7. The number of hydrogen-bond acceptors (Lipinski definition) is 5. The summed E-state index contributed by atoms with van der Waals surface area (Å²) in [6.45, 7) is 1.64. The molecule has 0 fully saturated rings. The lowest BCUT2D eigenvalue weighted by Gasteiger charge is -2.18. The minimum absolute atomic E-state index is 0.0372. The Labute approximate surface area is 168 Å². The van der Waals surface area contributed by atoms with Gasteiger partial charge < -0.3 is 5.32 Å². The fraction of sp³-hybridized carbons (Fsp3) is 0.118. The van der Waals surface area contributed by atoms with Crippen molar-refractivity contribution >= 4 is 50.1 Å². The molecule has 1 radical (unpaired) electrons. The SMILES string of the molecule is C[C@H](Nc1cc(F)c(S(=O)(=O)c2n[c]cs2)cc1Cl)c1cc(Cl)ccc1F. The second-order valence-corrected chi connectivity index (χ2v) is 9.33. The molecule has 0 aliphatic carbocycles. The number of aromatic nitrogens is 1. The van der Waals surface area contributed by atoms with Gasteiger partial charge in [-0.05, 0) is 37.3 Å². The maximum atomic E-state index is 14.5. The molecule has 0 unspecified atom stereocenters. The van der Waals surface area contributed by atoms with Crippen molar-refractivity contribution in [1.29, 1.82) is 0 Å². The van der Waals surface area contributed by atoms with Gasteiger partial charge in [0.25, 0.3) is 0 Å². The molecule has 10 heteroatoms. The number of rotatable bonds is 5. The van der Waals surface area contributed by atoms with Crippen LogP contribution in [0.3, 0.4) is 0 Å². The Morgan fingerprint density at radius 2 is 1.93 bits per heavy atom. The number of nitrogens with one attached hydrogen (secondary N) is 1. The van der Waals surface area contributed by atoms with E-state index in [1.165, 1.54) is 23.6 Å². The van der Waals surface area contributed by atoms with Gasteiger partial charge in [-0.2, -0.15) is 0 Å². The maximum Gasteiger partial charge on any atom is 0.236 e. The van der Waals surface area contributed by atoms with Crippen LogP contribution in [0.25, 0.3) is 0 Å². The van der Waals surface area contributed by atoms with Crippen LogP contribution in [-0.4, -0.2) is 13.4 Å². The highest BCUT2D eigenvalue weighted by molar-refractivity contribution is 7.93. The average Bonchev–Trinajstić information content (AvgIpc) is 3.15. The predicted molar refractivity (Wildman–Crippen MR) is 101 cm³/mol. The lowest BCUT2D eigenvalue weighted by atomic mass is 10.1. The van der Waals surface area contributed by atoms with Gasteiger partial charge >= 0.3 is 0 Å². The smallest absolute Gasteiger partial charge is 0.236 e. The van der Waals surface area contributed by atoms with Gasteiger partial charge in [0.1, 0.15) is 22.7 Å². The standard InChI is InChI=1S/C17H11Cl2F2N2O2S2/c1-9(11-6-10(18)2-3-13(11)20)23-15-8-14(21)16(7-12(15)19)27(24,25)17-22-4-5-26-17/h2-3,5-9,23H,1H3/t9-/m0/s1. The van der Waals surface area contributed by atoms with E-state index in [1.807, 2.05) is 0 Å². The van der Waals surface area contributed by atoms with Crippen LogP contribution >= 0.6 is 34.5 Å². The molecule has 0 aliphatic rings. The molecule has 27 heavy (non-hydrogen) atoms. The highest BCUT2D eigenvalue weighted by Crippen LogP contribution is 2.34. The fourth-order valence-electron chi connectivity index (χ4n) is 2.40. The van der Waals surface area contributed by atoms with E-state index < -0.39 is 32.4 Å². The van der Waals surface area contributed by atoms with E-state index in [-0.39, 0.29) is 20.6 Å². The van der Waals surface area contributed by atoms with Gasteiger partial charge in [-0.25, -0.2) is 22.2 Å². The van der Waals surface area contributed by atoms with E-state index in [9.17, 15) is 17.2 Å². The first-order valence-corrected chi connectivity index (χ1v) is 10.6. The topological polar surface area (TPSA) is 59.1 Å². The van der Waals surface area contributed by atoms with E-state index in [1.54, 1.807) is 6.92 Å². The summed E-state index contributed by atoms with van der Waals surface area (Å²) < 4.78 is 53.1. The zero-order chi connectivity index (χ0) is 19.8. The summed E-state index contributed by atoms with van der Waals surface area (Å²) in [6, 6.07) is 5.42. The summed E-state index contributed by atoms with van der Waals surface area (Å²) in [7, 11) is -4.15. The van der Waals surface area contributed by atoms with Gasteiger partial charge in [-0.15, -0.1) is 11.3 Å². The average molecular weight is 448 g/mol. The Hall–Kier alpha value is -1.74. The summed E-state index contributed by atoms with van der Waals surface area (Å²) in [5, 5.41) is 4.52. The second-order valence-electron chi connectivity index (χ2n) is 5.54. The number of sulfone groups is 1. The zero-order valence-electron chi connectivity index (χ0n) is 13.6. The van der Waals surface area contributed by atoms with E-state index in [0.29, 0.717) is 5.02 Å². The molecular weight excluding hydrogens is 437 g/mol. The quantitative estimate of drug-likeness (QED) is 0.558. The fourth-order valence-corrected chi connectivity index (χ4v) is 5.05. The van der Waals surface area contributed by atoms with Crippen molar-refractivity contribution in [1.82, 2.24) is 4.98 Å². The molecule has 0 aliphatic heterocycles. The molecule has 0 saturated carbocycles. The molecule has 1 atom stereocenters. The largest absolute Gasteiger partial charge is 0.377 e. The van der Waals surface area contributed by atoms with Crippen molar-refractivity contribution in [3.8, 4) is 0 Å². The Balaban J connectivity index is 1.95. The minimum Gasteiger partial charge on any atom is -0.377 e.